The Labute approximate surface area is 72.4 Å². The van der Waals surface area contributed by atoms with Gasteiger partial charge in [-0.3, -0.25) is 0 Å². The van der Waals surface area contributed by atoms with Crippen LogP contribution in [-0.2, 0) is 14.2 Å². The van der Waals surface area contributed by atoms with Crippen LogP contribution in [-0.4, -0.2) is 44.9 Å². The Kier molecular flexibility index (Phi) is 3.94. The van der Waals surface area contributed by atoms with Crippen molar-refractivity contribution in [2.75, 3.05) is 27.4 Å². The Bertz CT molecular complexity index is 116. The smallest absolute Gasteiger partial charge is 0.183 e. The van der Waals surface area contributed by atoms with E-state index in [-0.39, 0.29) is 5.92 Å². The lowest BCUT2D eigenvalue weighted by Gasteiger charge is -2.23. The molecule has 1 aliphatic rings. The largest absolute Gasteiger partial charge is 0.387 e. The van der Waals surface area contributed by atoms with Gasteiger partial charge < -0.3 is 19.3 Å². The van der Waals surface area contributed by atoms with E-state index in [1.807, 2.05) is 0 Å². The zero-order valence-corrected chi connectivity index (χ0v) is 7.53. The maximum absolute atomic E-state index is 9.68. The minimum atomic E-state index is -0.581. The molecule has 1 heterocycles. The maximum Gasteiger partial charge on any atom is 0.183 e. The lowest BCUT2D eigenvalue weighted by molar-refractivity contribution is -0.178. The van der Waals surface area contributed by atoms with Gasteiger partial charge in [-0.1, -0.05) is 0 Å². The molecule has 2 atom stereocenters. The third-order valence-corrected chi connectivity index (χ3v) is 2.19. The fourth-order valence-electron chi connectivity index (χ4n) is 1.42. The van der Waals surface area contributed by atoms with E-state index in [4.69, 9.17) is 14.2 Å². The summed E-state index contributed by atoms with van der Waals surface area (Å²) < 4.78 is 15.0. The van der Waals surface area contributed by atoms with Crippen molar-refractivity contribution in [1.82, 2.24) is 0 Å². The van der Waals surface area contributed by atoms with Crippen LogP contribution in [0.1, 0.15) is 6.42 Å². The van der Waals surface area contributed by atoms with E-state index in [1.54, 1.807) is 0 Å². The Balaban J connectivity index is 2.37. The fourth-order valence-corrected chi connectivity index (χ4v) is 1.42. The van der Waals surface area contributed by atoms with Crippen LogP contribution in [0.15, 0.2) is 0 Å². The van der Waals surface area contributed by atoms with Crippen molar-refractivity contribution in [3.05, 3.63) is 0 Å². The molecule has 1 rings (SSSR count). The summed E-state index contributed by atoms with van der Waals surface area (Å²) in [6.07, 6.45) is -0.233. The number of ether oxygens (including phenoxy) is 3. The molecular weight excluding hydrogens is 160 g/mol. The summed E-state index contributed by atoms with van der Waals surface area (Å²) in [5, 5.41) is 9.68. The van der Waals surface area contributed by atoms with E-state index < -0.39 is 12.4 Å². The molecule has 2 unspecified atom stereocenters. The van der Waals surface area contributed by atoms with Crippen molar-refractivity contribution < 1.29 is 19.3 Å². The standard InChI is InChI=1S/C8H16O4/c1-10-8(11-2)7(9)6-3-4-12-5-6/h6-9H,3-5H2,1-2H3. The van der Waals surface area contributed by atoms with Crippen LogP contribution in [0.3, 0.4) is 0 Å². The highest BCUT2D eigenvalue weighted by atomic mass is 16.7. The van der Waals surface area contributed by atoms with Gasteiger partial charge in [-0.2, -0.15) is 0 Å². The number of aliphatic hydroxyl groups excluding tert-OH is 1. The first-order valence-electron chi connectivity index (χ1n) is 4.11. The molecule has 1 saturated heterocycles. The predicted molar refractivity (Wildman–Crippen MR) is 42.7 cm³/mol. The number of hydrogen-bond donors (Lipinski definition) is 1. The van der Waals surface area contributed by atoms with E-state index in [2.05, 4.69) is 0 Å². The maximum atomic E-state index is 9.68. The number of hydrogen-bond acceptors (Lipinski definition) is 4. The second kappa shape index (κ2) is 4.77. The highest BCUT2D eigenvalue weighted by molar-refractivity contribution is 4.75. The zero-order valence-electron chi connectivity index (χ0n) is 7.53. The zero-order chi connectivity index (χ0) is 8.97. The van der Waals surface area contributed by atoms with Gasteiger partial charge in [0, 0.05) is 26.7 Å². The molecule has 0 aromatic rings. The van der Waals surface area contributed by atoms with Crippen molar-refractivity contribution in [3.63, 3.8) is 0 Å². The molecule has 0 aromatic carbocycles. The summed E-state index contributed by atoms with van der Waals surface area (Å²) in [7, 11) is 3.04. The second-order valence-corrected chi connectivity index (χ2v) is 2.95. The van der Waals surface area contributed by atoms with Crippen LogP contribution >= 0.6 is 0 Å². The molecular formula is C8H16O4. The molecule has 0 aliphatic carbocycles. The Morgan fingerprint density at radius 3 is 2.50 bits per heavy atom. The van der Waals surface area contributed by atoms with Crippen molar-refractivity contribution >= 4 is 0 Å². The van der Waals surface area contributed by atoms with E-state index in [0.717, 1.165) is 13.0 Å². The summed E-state index contributed by atoms with van der Waals surface area (Å²) in [4.78, 5) is 0. The third kappa shape index (κ3) is 2.17. The minimum absolute atomic E-state index is 0.148. The quantitative estimate of drug-likeness (QED) is 0.613. The van der Waals surface area contributed by atoms with Crippen molar-refractivity contribution in [1.29, 1.82) is 0 Å². The van der Waals surface area contributed by atoms with Gasteiger partial charge in [-0.25, -0.2) is 0 Å². The molecule has 12 heavy (non-hydrogen) atoms. The first kappa shape index (κ1) is 9.92. The van der Waals surface area contributed by atoms with E-state index in [1.165, 1.54) is 14.2 Å². The van der Waals surface area contributed by atoms with Crippen LogP contribution in [0.4, 0.5) is 0 Å². The molecule has 72 valence electrons. The van der Waals surface area contributed by atoms with Crippen molar-refractivity contribution in [2.45, 2.75) is 18.8 Å². The summed E-state index contributed by atoms with van der Waals surface area (Å²) in [6.45, 7) is 1.33. The number of methoxy groups -OCH3 is 2. The molecule has 0 spiro atoms. The molecule has 1 N–H and O–H groups in total. The van der Waals surface area contributed by atoms with Gasteiger partial charge in [-0.05, 0) is 6.42 Å². The van der Waals surface area contributed by atoms with E-state index >= 15 is 0 Å². The minimum Gasteiger partial charge on any atom is -0.387 e. The molecule has 1 fully saturated rings. The van der Waals surface area contributed by atoms with Crippen LogP contribution in [0.5, 0.6) is 0 Å². The lowest BCUT2D eigenvalue weighted by atomic mass is 10.0. The SMILES string of the molecule is COC(OC)C(O)C1CCOC1. The van der Waals surface area contributed by atoms with Gasteiger partial charge in [-0.15, -0.1) is 0 Å². The highest BCUT2D eigenvalue weighted by Gasteiger charge is 2.30. The summed E-state index contributed by atoms with van der Waals surface area (Å²) in [5.74, 6) is 0.148. The molecule has 1 aliphatic heterocycles. The van der Waals surface area contributed by atoms with Crippen LogP contribution in [0.25, 0.3) is 0 Å². The number of aliphatic hydroxyl groups is 1. The van der Waals surface area contributed by atoms with Crippen molar-refractivity contribution in [2.24, 2.45) is 5.92 Å². The van der Waals surface area contributed by atoms with E-state index in [9.17, 15) is 5.11 Å². The highest BCUT2D eigenvalue weighted by Crippen LogP contribution is 2.20. The normalized spacial score (nSPS) is 26.5. The van der Waals surface area contributed by atoms with Gasteiger partial charge >= 0.3 is 0 Å². The van der Waals surface area contributed by atoms with Gasteiger partial charge in [0.15, 0.2) is 6.29 Å². The topological polar surface area (TPSA) is 47.9 Å². The molecule has 0 saturated carbocycles. The van der Waals surface area contributed by atoms with Gasteiger partial charge in [0.2, 0.25) is 0 Å². The summed E-state index contributed by atoms with van der Waals surface area (Å²) >= 11 is 0. The molecule has 0 radical (unpaired) electrons. The van der Waals surface area contributed by atoms with Crippen LogP contribution in [0.2, 0.25) is 0 Å². The monoisotopic (exact) mass is 176 g/mol. The Morgan fingerprint density at radius 2 is 2.08 bits per heavy atom. The molecule has 4 nitrogen and oxygen atoms in total. The Morgan fingerprint density at radius 1 is 1.42 bits per heavy atom. The molecule has 0 bridgehead atoms. The molecule has 4 heteroatoms. The van der Waals surface area contributed by atoms with Gasteiger partial charge in [0.05, 0.1) is 6.61 Å². The van der Waals surface area contributed by atoms with Gasteiger partial charge in [0.1, 0.15) is 6.10 Å². The molecule has 0 amide bonds. The average Bonchev–Trinajstić information content (AvgIpc) is 2.58. The Hall–Kier alpha value is -0.160. The predicted octanol–water partition coefficient (Wildman–Crippen LogP) is 0.00270. The average molecular weight is 176 g/mol. The van der Waals surface area contributed by atoms with Crippen LogP contribution < -0.4 is 0 Å². The van der Waals surface area contributed by atoms with Crippen molar-refractivity contribution in [3.8, 4) is 0 Å². The lowest BCUT2D eigenvalue weighted by Crippen LogP contribution is -2.36. The summed E-state index contributed by atoms with van der Waals surface area (Å²) in [6, 6.07) is 0. The second-order valence-electron chi connectivity index (χ2n) is 2.95. The first-order valence-corrected chi connectivity index (χ1v) is 4.11. The fraction of sp³-hybridized carbons (Fsp3) is 1.00. The van der Waals surface area contributed by atoms with Crippen LogP contribution in [0, 0.1) is 5.92 Å². The number of rotatable bonds is 4. The van der Waals surface area contributed by atoms with Gasteiger partial charge in [0.25, 0.3) is 0 Å². The summed E-state index contributed by atoms with van der Waals surface area (Å²) in [5.41, 5.74) is 0. The molecule has 0 aromatic heterocycles. The van der Waals surface area contributed by atoms with E-state index in [0.29, 0.717) is 6.61 Å². The third-order valence-electron chi connectivity index (χ3n) is 2.19. The first-order chi connectivity index (χ1) is 5.79.